The van der Waals surface area contributed by atoms with Gasteiger partial charge in [0.2, 0.25) is 0 Å². The summed E-state index contributed by atoms with van der Waals surface area (Å²) in [5.41, 5.74) is 1.86. The van der Waals surface area contributed by atoms with Crippen molar-refractivity contribution in [3.8, 4) is 6.07 Å². The number of methoxy groups -OCH3 is 1. The van der Waals surface area contributed by atoms with Crippen LogP contribution in [0.5, 0.6) is 0 Å². The number of hydrogen-bond acceptors (Lipinski definition) is 5. The Morgan fingerprint density at radius 1 is 1.38 bits per heavy atom. The topological polar surface area (TPSA) is 49.1 Å². The zero-order chi connectivity index (χ0) is 15.1. The molecule has 0 amide bonds. The molecule has 21 heavy (non-hydrogen) atoms. The smallest absolute Gasteiger partial charge is 0.0991 e. The van der Waals surface area contributed by atoms with E-state index >= 15 is 0 Å². The SMILES string of the molecule is COCCc1ncc(CN(C)Cc2cccc(C#N)c2)s1. The van der Waals surface area contributed by atoms with Gasteiger partial charge in [0.25, 0.3) is 0 Å². The van der Waals surface area contributed by atoms with Crippen LogP contribution >= 0.6 is 11.3 Å². The Hall–Kier alpha value is -1.74. The Kier molecular flexibility index (Phi) is 5.88. The first-order chi connectivity index (χ1) is 10.2. The van der Waals surface area contributed by atoms with E-state index in [4.69, 9.17) is 10.00 Å². The minimum Gasteiger partial charge on any atom is -0.384 e. The molecule has 0 aliphatic carbocycles. The maximum absolute atomic E-state index is 8.92. The number of thiazole rings is 1. The van der Waals surface area contributed by atoms with Crippen LogP contribution in [0.1, 0.15) is 21.0 Å². The number of aromatic nitrogens is 1. The molecule has 0 aliphatic rings. The average Bonchev–Trinajstić information content (AvgIpc) is 2.92. The summed E-state index contributed by atoms with van der Waals surface area (Å²) in [5.74, 6) is 0. The number of nitrogens with zero attached hydrogens (tertiary/aromatic N) is 3. The molecule has 1 heterocycles. The zero-order valence-electron chi connectivity index (χ0n) is 12.4. The van der Waals surface area contributed by atoms with Gasteiger partial charge in [-0.2, -0.15) is 5.26 Å². The molecule has 4 nitrogen and oxygen atoms in total. The third kappa shape index (κ3) is 4.94. The summed E-state index contributed by atoms with van der Waals surface area (Å²) in [7, 11) is 3.78. The van der Waals surface area contributed by atoms with E-state index in [1.807, 2.05) is 30.5 Å². The highest BCUT2D eigenvalue weighted by atomic mass is 32.1. The molecular weight excluding hydrogens is 282 g/mol. The van der Waals surface area contributed by atoms with Gasteiger partial charge >= 0.3 is 0 Å². The zero-order valence-corrected chi connectivity index (χ0v) is 13.2. The molecule has 1 aromatic carbocycles. The molecule has 110 valence electrons. The summed E-state index contributed by atoms with van der Waals surface area (Å²) in [6, 6.07) is 9.92. The summed E-state index contributed by atoms with van der Waals surface area (Å²) >= 11 is 1.73. The Balaban J connectivity index is 1.90. The Labute approximate surface area is 129 Å². The van der Waals surface area contributed by atoms with Gasteiger partial charge in [-0.05, 0) is 24.7 Å². The number of hydrogen-bond donors (Lipinski definition) is 0. The number of nitriles is 1. The lowest BCUT2D eigenvalue weighted by Gasteiger charge is -2.15. The molecule has 2 aromatic rings. The summed E-state index contributed by atoms with van der Waals surface area (Å²) in [6.07, 6.45) is 2.81. The van der Waals surface area contributed by atoms with Crippen molar-refractivity contribution in [2.75, 3.05) is 20.8 Å². The summed E-state index contributed by atoms with van der Waals surface area (Å²) in [4.78, 5) is 7.89. The lowest BCUT2D eigenvalue weighted by Crippen LogP contribution is -2.16. The third-order valence-corrected chi connectivity index (χ3v) is 4.10. The quantitative estimate of drug-likeness (QED) is 0.789. The Morgan fingerprint density at radius 3 is 3.00 bits per heavy atom. The maximum Gasteiger partial charge on any atom is 0.0991 e. The van der Waals surface area contributed by atoms with Crippen molar-refractivity contribution < 1.29 is 4.74 Å². The molecule has 1 aromatic heterocycles. The molecule has 5 heteroatoms. The summed E-state index contributed by atoms with van der Waals surface area (Å²) < 4.78 is 5.07. The first-order valence-electron chi connectivity index (χ1n) is 6.81. The van der Waals surface area contributed by atoms with Gasteiger partial charge in [0, 0.05) is 37.7 Å². The van der Waals surface area contributed by atoms with Gasteiger partial charge < -0.3 is 4.74 Å². The molecule has 0 aliphatic heterocycles. The Morgan fingerprint density at radius 2 is 2.24 bits per heavy atom. The highest BCUT2D eigenvalue weighted by Crippen LogP contribution is 2.16. The van der Waals surface area contributed by atoms with Crippen LogP contribution in [0.4, 0.5) is 0 Å². The second-order valence-corrected chi connectivity index (χ2v) is 6.15. The second kappa shape index (κ2) is 7.89. The predicted molar refractivity (Wildman–Crippen MR) is 84.0 cm³/mol. The van der Waals surface area contributed by atoms with Crippen molar-refractivity contribution in [1.82, 2.24) is 9.88 Å². The first-order valence-corrected chi connectivity index (χ1v) is 7.63. The van der Waals surface area contributed by atoms with E-state index in [2.05, 4.69) is 23.0 Å². The molecule has 0 radical (unpaired) electrons. The fraction of sp³-hybridized carbons (Fsp3) is 0.375. The molecule has 0 bridgehead atoms. The van der Waals surface area contributed by atoms with Crippen molar-refractivity contribution in [3.05, 3.63) is 51.5 Å². The fourth-order valence-electron chi connectivity index (χ4n) is 2.10. The maximum atomic E-state index is 8.92. The van der Waals surface area contributed by atoms with E-state index < -0.39 is 0 Å². The van der Waals surface area contributed by atoms with Crippen molar-refractivity contribution in [3.63, 3.8) is 0 Å². The molecule has 2 rings (SSSR count). The number of rotatable bonds is 7. The van der Waals surface area contributed by atoms with Crippen molar-refractivity contribution in [2.24, 2.45) is 0 Å². The largest absolute Gasteiger partial charge is 0.384 e. The van der Waals surface area contributed by atoms with Crippen molar-refractivity contribution >= 4 is 11.3 Å². The van der Waals surface area contributed by atoms with Gasteiger partial charge in [-0.25, -0.2) is 4.98 Å². The van der Waals surface area contributed by atoms with E-state index in [1.54, 1.807) is 18.4 Å². The summed E-state index contributed by atoms with van der Waals surface area (Å²) in [5, 5.41) is 10.0. The standard InChI is InChI=1S/C16H19N3OS/c1-19(11-14-5-3-4-13(8-14)9-17)12-15-10-18-16(21-15)6-7-20-2/h3-5,8,10H,6-7,11-12H2,1-2H3. The van der Waals surface area contributed by atoms with Crippen LogP contribution in [0.15, 0.2) is 30.5 Å². The van der Waals surface area contributed by atoms with E-state index in [0.717, 1.165) is 30.1 Å². The highest BCUT2D eigenvalue weighted by molar-refractivity contribution is 7.11. The van der Waals surface area contributed by atoms with Crippen molar-refractivity contribution in [1.29, 1.82) is 5.26 Å². The first kappa shape index (κ1) is 15.6. The van der Waals surface area contributed by atoms with Crippen LogP contribution in [0.25, 0.3) is 0 Å². The van der Waals surface area contributed by atoms with E-state index in [-0.39, 0.29) is 0 Å². The van der Waals surface area contributed by atoms with Gasteiger partial charge in [0.05, 0.1) is 23.2 Å². The van der Waals surface area contributed by atoms with E-state index in [1.165, 1.54) is 4.88 Å². The van der Waals surface area contributed by atoms with Gasteiger partial charge in [0.15, 0.2) is 0 Å². The van der Waals surface area contributed by atoms with Gasteiger partial charge in [0.1, 0.15) is 0 Å². The molecular formula is C16H19N3OS. The average molecular weight is 301 g/mol. The molecule has 0 saturated carbocycles. The van der Waals surface area contributed by atoms with Gasteiger partial charge in [-0.15, -0.1) is 11.3 Å². The van der Waals surface area contributed by atoms with Crippen molar-refractivity contribution in [2.45, 2.75) is 19.5 Å². The molecule has 0 fully saturated rings. The van der Waals surface area contributed by atoms with Crippen LogP contribution in [0.2, 0.25) is 0 Å². The molecule has 0 saturated heterocycles. The van der Waals surface area contributed by atoms with E-state index in [9.17, 15) is 0 Å². The normalized spacial score (nSPS) is 10.8. The van der Waals surface area contributed by atoms with Crippen LogP contribution in [0, 0.1) is 11.3 Å². The Bertz CT molecular complexity index is 618. The highest BCUT2D eigenvalue weighted by Gasteiger charge is 2.06. The van der Waals surface area contributed by atoms with Crippen LogP contribution in [0.3, 0.4) is 0 Å². The number of benzene rings is 1. The minimum atomic E-state index is 0.709. The second-order valence-electron chi connectivity index (χ2n) is 4.95. The monoisotopic (exact) mass is 301 g/mol. The molecule has 0 unspecified atom stereocenters. The predicted octanol–water partition coefficient (Wildman–Crippen LogP) is 2.84. The van der Waals surface area contributed by atoms with Crippen LogP contribution in [-0.2, 0) is 24.2 Å². The minimum absolute atomic E-state index is 0.709. The molecule has 0 N–H and O–H groups in total. The van der Waals surface area contributed by atoms with Crippen LogP contribution < -0.4 is 0 Å². The third-order valence-electron chi connectivity index (χ3n) is 3.06. The van der Waals surface area contributed by atoms with Gasteiger partial charge in [-0.1, -0.05) is 12.1 Å². The molecule has 0 spiro atoms. The number of ether oxygens (including phenoxy) is 1. The molecule has 0 atom stereocenters. The lowest BCUT2D eigenvalue weighted by atomic mass is 10.1. The lowest BCUT2D eigenvalue weighted by molar-refractivity contribution is 0.202. The fourth-order valence-corrected chi connectivity index (χ4v) is 3.08. The van der Waals surface area contributed by atoms with E-state index in [0.29, 0.717) is 12.2 Å². The van der Waals surface area contributed by atoms with Gasteiger partial charge in [-0.3, -0.25) is 4.90 Å². The summed E-state index contributed by atoms with van der Waals surface area (Å²) in [6.45, 7) is 2.39. The van der Waals surface area contributed by atoms with Crippen LogP contribution in [-0.4, -0.2) is 30.6 Å².